The van der Waals surface area contributed by atoms with E-state index in [4.69, 9.17) is 5.73 Å². The summed E-state index contributed by atoms with van der Waals surface area (Å²) in [6.45, 7) is 4.19. The molecular weight excluding hydrogens is 362 g/mol. The van der Waals surface area contributed by atoms with E-state index >= 15 is 0 Å². The van der Waals surface area contributed by atoms with Crippen molar-refractivity contribution in [2.24, 2.45) is 5.73 Å². The van der Waals surface area contributed by atoms with Crippen LogP contribution in [0.3, 0.4) is 0 Å². The highest BCUT2D eigenvalue weighted by Gasteiger charge is 2.15. The Morgan fingerprint density at radius 3 is 2.41 bits per heavy atom. The lowest BCUT2D eigenvalue weighted by Gasteiger charge is -2.13. The van der Waals surface area contributed by atoms with E-state index in [0.717, 1.165) is 8.95 Å². The first-order valence-corrected chi connectivity index (χ1v) is 7.66. The van der Waals surface area contributed by atoms with Crippen LogP contribution >= 0.6 is 43.2 Å². The van der Waals surface area contributed by atoms with Gasteiger partial charge in [-0.2, -0.15) is 0 Å². The molecule has 0 aliphatic carbocycles. The molecule has 0 aliphatic rings. The monoisotopic (exact) mass is 373 g/mol. The van der Waals surface area contributed by atoms with Crippen LogP contribution in [0.2, 0.25) is 0 Å². The van der Waals surface area contributed by atoms with Crippen molar-refractivity contribution >= 4 is 43.2 Å². The molecule has 4 heteroatoms. The zero-order valence-corrected chi connectivity index (χ0v) is 13.6. The summed E-state index contributed by atoms with van der Waals surface area (Å²) in [6.07, 6.45) is 0. The molecule has 0 spiro atoms. The van der Waals surface area contributed by atoms with Crippen molar-refractivity contribution in [1.29, 1.82) is 0 Å². The first-order valence-electron chi connectivity index (χ1n) is 5.26. The Bertz CT molecular complexity index is 529. The smallest absolute Gasteiger partial charge is 0.0649 e. The Balaban J connectivity index is 2.39. The summed E-state index contributed by atoms with van der Waals surface area (Å²) in [5.41, 5.74) is 8.72. The average molecular weight is 375 g/mol. The molecule has 1 atom stereocenters. The zero-order chi connectivity index (χ0) is 12.6. The second-order valence-electron chi connectivity index (χ2n) is 4.03. The van der Waals surface area contributed by atoms with E-state index in [0.29, 0.717) is 0 Å². The van der Waals surface area contributed by atoms with E-state index in [1.54, 1.807) is 11.3 Å². The standard InChI is InChI=1S/C13H13Br2NS/c1-7-5-9(14)3-4-10(7)13(16)12-6-11(15)8(2)17-12/h3-6,13H,16H2,1-2H3. The maximum atomic E-state index is 6.32. The van der Waals surface area contributed by atoms with Crippen LogP contribution in [0.25, 0.3) is 0 Å². The van der Waals surface area contributed by atoms with E-state index in [-0.39, 0.29) is 6.04 Å². The number of hydrogen-bond donors (Lipinski definition) is 1. The molecule has 0 saturated heterocycles. The Labute approximate surface area is 122 Å². The molecule has 0 saturated carbocycles. The molecule has 90 valence electrons. The SMILES string of the molecule is Cc1cc(Br)ccc1C(N)c1cc(Br)c(C)s1. The molecule has 1 aromatic heterocycles. The molecular formula is C13H13Br2NS. The highest BCUT2D eigenvalue weighted by molar-refractivity contribution is 9.10. The van der Waals surface area contributed by atoms with Gasteiger partial charge < -0.3 is 5.73 Å². The fraction of sp³-hybridized carbons (Fsp3) is 0.231. The van der Waals surface area contributed by atoms with Gasteiger partial charge >= 0.3 is 0 Å². The summed E-state index contributed by atoms with van der Waals surface area (Å²) in [4.78, 5) is 2.46. The lowest BCUT2D eigenvalue weighted by molar-refractivity contribution is 0.881. The van der Waals surface area contributed by atoms with Crippen molar-refractivity contribution in [2.45, 2.75) is 19.9 Å². The molecule has 0 radical (unpaired) electrons. The summed E-state index contributed by atoms with van der Waals surface area (Å²) >= 11 is 8.75. The summed E-state index contributed by atoms with van der Waals surface area (Å²) in [5, 5.41) is 0. The van der Waals surface area contributed by atoms with E-state index in [2.05, 4.69) is 63.9 Å². The molecule has 0 bridgehead atoms. The van der Waals surface area contributed by atoms with Crippen molar-refractivity contribution in [2.75, 3.05) is 0 Å². The minimum atomic E-state index is -0.0434. The maximum absolute atomic E-state index is 6.32. The van der Waals surface area contributed by atoms with E-state index in [9.17, 15) is 0 Å². The largest absolute Gasteiger partial charge is 0.320 e. The first-order chi connectivity index (χ1) is 7.99. The van der Waals surface area contributed by atoms with Gasteiger partial charge in [-0.25, -0.2) is 0 Å². The van der Waals surface area contributed by atoms with Crippen molar-refractivity contribution in [3.8, 4) is 0 Å². The predicted octanol–water partition coefficient (Wildman–Crippen LogP) is 4.94. The van der Waals surface area contributed by atoms with E-state index < -0.39 is 0 Å². The summed E-state index contributed by atoms with van der Waals surface area (Å²) in [7, 11) is 0. The van der Waals surface area contributed by atoms with Gasteiger partial charge in [-0.05, 0) is 59.1 Å². The van der Waals surface area contributed by atoms with Crippen LogP contribution < -0.4 is 5.73 Å². The zero-order valence-electron chi connectivity index (χ0n) is 9.63. The average Bonchev–Trinajstić information content (AvgIpc) is 2.58. The van der Waals surface area contributed by atoms with Gasteiger partial charge in [0.1, 0.15) is 0 Å². The van der Waals surface area contributed by atoms with Gasteiger partial charge in [-0.1, -0.05) is 22.0 Å². The maximum Gasteiger partial charge on any atom is 0.0649 e. The lowest BCUT2D eigenvalue weighted by Crippen LogP contribution is -2.11. The molecule has 1 heterocycles. The second kappa shape index (κ2) is 5.22. The minimum Gasteiger partial charge on any atom is -0.320 e. The van der Waals surface area contributed by atoms with Crippen molar-refractivity contribution < 1.29 is 0 Å². The summed E-state index contributed by atoms with van der Waals surface area (Å²) < 4.78 is 2.23. The third-order valence-electron chi connectivity index (χ3n) is 2.75. The third kappa shape index (κ3) is 2.81. The highest BCUT2D eigenvalue weighted by Crippen LogP contribution is 2.33. The number of benzene rings is 1. The highest BCUT2D eigenvalue weighted by atomic mass is 79.9. The van der Waals surface area contributed by atoms with Crippen LogP contribution in [-0.4, -0.2) is 0 Å². The fourth-order valence-corrected chi connectivity index (χ4v) is 3.83. The number of thiophene rings is 1. The minimum absolute atomic E-state index is 0.0434. The van der Waals surface area contributed by atoms with E-state index in [1.165, 1.54) is 20.9 Å². The normalized spacial score (nSPS) is 12.8. The molecule has 2 N–H and O–H groups in total. The van der Waals surface area contributed by atoms with Crippen LogP contribution in [0.1, 0.15) is 26.9 Å². The Kier molecular flexibility index (Phi) is 4.08. The van der Waals surface area contributed by atoms with Crippen LogP contribution in [0.5, 0.6) is 0 Å². The van der Waals surface area contributed by atoms with Crippen molar-refractivity contribution in [1.82, 2.24) is 0 Å². The van der Waals surface area contributed by atoms with Gasteiger partial charge in [-0.3, -0.25) is 0 Å². The number of hydrogen-bond acceptors (Lipinski definition) is 2. The molecule has 1 aromatic carbocycles. The lowest BCUT2D eigenvalue weighted by atomic mass is 10.0. The van der Waals surface area contributed by atoms with Gasteiger partial charge in [0, 0.05) is 18.7 Å². The molecule has 0 amide bonds. The van der Waals surface area contributed by atoms with Gasteiger partial charge in [0.2, 0.25) is 0 Å². The summed E-state index contributed by atoms with van der Waals surface area (Å²) in [5.74, 6) is 0. The van der Waals surface area contributed by atoms with Crippen LogP contribution in [-0.2, 0) is 0 Å². The summed E-state index contributed by atoms with van der Waals surface area (Å²) in [6, 6.07) is 8.31. The first kappa shape index (κ1) is 13.3. The molecule has 1 nitrogen and oxygen atoms in total. The molecule has 2 aromatic rings. The van der Waals surface area contributed by atoms with Crippen LogP contribution in [0.15, 0.2) is 33.2 Å². The van der Waals surface area contributed by atoms with Gasteiger partial charge in [0.05, 0.1) is 6.04 Å². The van der Waals surface area contributed by atoms with Crippen LogP contribution in [0.4, 0.5) is 0 Å². The van der Waals surface area contributed by atoms with Crippen LogP contribution in [0, 0.1) is 13.8 Å². The third-order valence-corrected chi connectivity index (χ3v) is 5.46. The van der Waals surface area contributed by atoms with Gasteiger partial charge in [0.25, 0.3) is 0 Å². The number of nitrogens with two attached hydrogens (primary N) is 1. The predicted molar refractivity (Wildman–Crippen MR) is 81.7 cm³/mol. The molecule has 0 fully saturated rings. The Morgan fingerprint density at radius 1 is 1.18 bits per heavy atom. The fourth-order valence-electron chi connectivity index (χ4n) is 1.78. The molecule has 0 aliphatic heterocycles. The van der Waals surface area contributed by atoms with Crippen molar-refractivity contribution in [3.63, 3.8) is 0 Å². The number of halogens is 2. The molecule has 1 unspecified atom stereocenters. The van der Waals surface area contributed by atoms with Gasteiger partial charge in [0.15, 0.2) is 0 Å². The Hall–Kier alpha value is -0.160. The van der Waals surface area contributed by atoms with Crippen molar-refractivity contribution in [3.05, 3.63) is 54.1 Å². The second-order valence-corrected chi connectivity index (χ2v) is 7.09. The quantitative estimate of drug-likeness (QED) is 0.791. The molecule has 2 rings (SSSR count). The van der Waals surface area contributed by atoms with Gasteiger partial charge in [-0.15, -0.1) is 11.3 Å². The topological polar surface area (TPSA) is 26.0 Å². The van der Waals surface area contributed by atoms with E-state index in [1.807, 2.05) is 6.07 Å². The molecule has 17 heavy (non-hydrogen) atoms. The number of rotatable bonds is 2. The Morgan fingerprint density at radius 2 is 1.88 bits per heavy atom. The number of aryl methyl sites for hydroxylation is 2.